The van der Waals surface area contributed by atoms with Crippen molar-refractivity contribution in [3.8, 4) is 0 Å². The average Bonchev–Trinajstić information content (AvgIpc) is 2.81. The molecular formula is C14H16N4. The Balaban J connectivity index is 1.92. The van der Waals surface area contributed by atoms with Crippen molar-refractivity contribution < 1.29 is 0 Å². The first-order valence-electron chi connectivity index (χ1n) is 6.15. The molecule has 0 fully saturated rings. The van der Waals surface area contributed by atoms with E-state index >= 15 is 0 Å². The van der Waals surface area contributed by atoms with Gasteiger partial charge in [-0.15, -0.1) is 0 Å². The lowest BCUT2D eigenvalue weighted by Crippen LogP contribution is -2.13. The lowest BCUT2D eigenvalue weighted by molar-refractivity contribution is 0.679. The Kier molecular flexibility index (Phi) is 2.72. The molecular weight excluding hydrogens is 224 g/mol. The van der Waals surface area contributed by atoms with E-state index in [-0.39, 0.29) is 0 Å². The van der Waals surface area contributed by atoms with E-state index in [1.165, 1.54) is 11.1 Å². The van der Waals surface area contributed by atoms with Gasteiger partial charge < -0.3 is 5.43 Å². The Morgan fingerprint density at radius 3 is 2.44 bits per heavy atom. The highest BCUT2D eigenvalue weighted by atomic mass is 15.3. The van der Waals surface area contributed by atoms with E-state index in [1.54, 1.807) is 0 Å². The zero-order chi connectivity index (χ0) is 12.5. The van der Waals surface area contributed by atoms with E-state index in [2.05, 4.69) is 39.7 Å². The van der Waals surface area contributed by atoms with Crippen LogP contribution in [0.5, 0.6) is 0 Å². The number of hydrogen-bond donors (Lipinski definition) is 2. The summed E-state index contributed by atoms with van der Waals surface area (Å²) in [5.74, 6) is 7.38. The SMILES string of the molecule is Cc1cc(NN)nc(C2Cc3ccccc3C2)n1. The molecule has 92 valence electrons. The van der Waals surface area contributed by atoms with Gasteiger partial charge in [-0.2, -0.15) is 0 Å². The second-order valence-corrected chi connectivity index (χ2v) is 4.77. The highest BCUT2D eigenvalue weighted by molar-refractivity contribution is 5.38. The summed E-state index contributed by atoms with van der Waals surface area (Å²) in [7, 11) is 0. The maximum absolute atomic E-state index is 5.43. The van der Waals surface area contributed by atoms with Gasteiger partial charge in [-0.3, -0.25) is 0 Å². The molecule has 0 spiro atoms. The highest BCUT2D eigenvalue weighted by Crippen LogP contribution is 2.32. The van der Waals surface area contributed by atoms with E-state index in [4.69, 9.17) is 5.84 Å². The normalized spacial score (nSPS) is 14.6. The van der Waals surface area contributed by atoms with Crippen LogP contribution in [0, 0.1) is 6.92 Å². The van der Waals surface area contributed by atoms with E-state index in [0.717, 1.165) is 24.4 Å². The number of nitrogens with two attached hydrogens (primary N) is 1. The summed E-state index contributed by atoms with van der Waals surface area (Å²) in [6, 6.07) is 10.4. The summed E-state index contributed by atoms with van der Waals surface area (Å²) in [6.07, 6.45) is 2.03. The van der Waals surface area contributed by atoms with Crippen molar-refractivity contribution in [1.29, 1.82) is 0 Å². The third-order valence-electron chi connectivity index (χ3n) is 3.44. The standard InChI is InChI=1S/C14H16N4/c1-9-6-13(18-15)17-14(16-9)12-7-10-4-2-3-5-11(10)8-12/h2-6,12H,7-8,15H2,1H3,(H,16,17,18). The van der Waals surface area contributed by atoms with Crippen LogP contribution in [0.1, 0.15) is 28.6 Å². The number of rotatable bonds is 2. The molecule has 3 rings (SSSR count). The van der Waals surface area contributed by atoms with Crippen molar-refractivity contribution in [2.75, 3.05) is 5.43 Å². The fourth-order valence-corrected chi connectivity index (χ4v) is 2.59. The Hall–Kier alpha value is -1.94. The van der Waals surface area contributed by atoms with Gasteiger partial charge in [0.1, 0.15) is 11.6 Å². The van der Waals surface area contributed by atoms with Crippen LogP contribution in [0.3, 0.4) is 0 Å². The molecule has 1 aromatic heterocycles. The highest BCUT2D eigenvalue weighted by Gasteiger charge is 2.25. The molecule has 0 saturated heterocycles. The number of hydrazine groups is 1. The maximum atomic E-state index is 5.43. The number of fused-ring (bicyclic) bond motifs is 1. The summed E-state index contributed by atoms with van der Waals surface area (Å²) in [5.41, 5.74) is 6.37. The van der Waals surface area contributed by atoms with Gasteiger partial charge in [0.25, 0.3) is 0 Å². The average molecular weight is 240 g/mol. The van der Waals surface area contributed by atoms with Crippen LogP contribution < -0.4 is 11.3 Å². The summed E-state index contributed by atoms with van der Waals surface area (Å²) in [5, 5.41) is 0. The molecule has 4 nitrogen and oxygen atoms in total. The Bertz CT molecular complexity index is 555. The predicted octanol–water partition coefficient (Wildman–Crippen LogP) is 1.95. The van der Waals surface area contributed by atoms with Crippen molar-refractivity contribution >= 4 is 5.82 Å². The van der Waals surface area contributed by atoms with Crippen LogP contribution in [-0.4, -0.2) is 9.97 Å². The second-order valence-electron chi connectivity index (χ2n) is 4.77. The molecule has 0 atom stereocenters. The molecule has 0 bridgehead atoms. The number of nitrogens with one attached hydrogen (secondary N) is 1. The van der Waals surface area contributed by atoms with Crippen molar-refractivity contribution in [1.82, 2.24) is 9.97 Å². The van der Waals surface area contributed by atoms with Gasteiger partial charge >= 0.3 is 0 Å². The van der Waals surface area contributed by atoms with Crippen LogP contribution in [-0.2, 0) is 12.8 Å². The van der Waals surface area contributed by atoms with Gasteiger partial charge in [0, 0.05) is 17.7 Å². The summed E-state index contributed by atoms with van der Waals surface area (Å²) in [4.78, 5) is 9.01. The number of hydrogen-bond acceptors (Lipinski definition) is 4. The number of aryl methyl sites for hydroxylation is 1. The lowest BCUT2D eigenvalue weighted by Gasteiger charge is -2.10. The van der Waals surface area contributed by atoms with Crippen molar-refractivity contribution in [2.24, 2.45) is 5.84 Å². The second kappa shape index (κ2) is 4.38. The fraction of sp³-hybridized carbons (Fsp3) is 0.286. The minimum absolute atomic E-state index is 0.370. The maximum Gasteiger partial charge on any atom is 0.143 e. The molecule has 0 unspecified atom stereocenters. The smallest absolute Gasteiger partial charge is 0.143 e. The van der Waals surface area contributed by atoms with Crippen molar-refractivity contribution in [3.05, 3.63) is 53.0 Å². The van der Waals surface area contributed by atoms with Crippen molar-refractivity contribution in [2.45, 2.75) is 25.7 Å². The third-order valence-corrected chi connectivity index (χ3v) is 3.44. The van der Waals surface area contributed by atoms with Crippen LogP contribution in [0.25, 0.3) is 0 Å². The van der Waals surface area contributed by atoms with E-state index < -0.39 is 0 Å². The number of aromatic nitrogens is 2. The monoisotopic (exact) mass is 240 g/mol. The van der Waals surface area contributed by atoms with Crippen LogP contribution >= 0.6 is 0 Å². The molecule has 1 aliphatic rings. The Morgan fingerprint density at radius 1 is 1.17 bits per heavy atom. The zero-order valence-electron chi connectivity index (χ0n) is 10.4. The minimum Gasteiger partial charge on any atom is -0.308 e. The van der Waals surface area contributed by atoms with Gasteiger partial charge in [0.15, 0.2) is 0 Å². The summed E-state index contributed by atoms with van der Waals surface area (Å²) in [6.45, 7) is 1.97. The molecule has 0 amide bonds. The Morgan fingerprint density at radius 2 is 1.83 bits per heavy atom. The fourth-order valence-electron chi connectivity index (χ4n) is 2.59. The topological polar surface area (TPSA) is 63.8 Å². The molecule has 0 aliphatic heterocycles. The zero-order valence-corrected chi connectivity index (χ0v) is 10.4. The molecule has 1 aliphatic carbocycles. The van der Waals surface area contributed by atoms with E-state index in [9.17, 15) is 0 Å². The molecule has 3 N–H and O–H groups in total. The largest absolute Gasteiger partial charge is 0.308 e. The van der Waals surface area contributed by atoms with Gasteiger partial charge in [0.2, 0.25) is 0 Å². The molecule has 2 aromatic rings. The third kappa shape index (κ3) is 1.95. The number of anilines is 1. The minimum atomic E-state index is 0.370. The number of nitrogen functional groups attached to an aromatic ring is 1. The van der Waals surface area contributed by atoms with Gasteiger partial charge in [-0.25, -0.2) is 15.8 Å². The number of nitrogens with zero attached hydrogens (tertiary/aromatic N) is 2. The predicted molar refractivity (Wildman–Crippen MR) is 71.2 cm³/mol. The van der Waals surface area contributed by atoms with Crippen LogP contribution in [0.2, 0.25) is 0 Å². The van der Waals surface area contributed by atoms with E-state index in [1.807, 2.05) is 13.0 Å². The Labute approximate surface area is 106 Å². The molecule has 0 radical (unpaired) electrons. The molecule has 0 saturated carbocycles. The first kappa shape index (κ1) is 11.2. The van der Waals surface area contributed by atoms with Gasteiger partial charge in [-0.1, -0.05) is 24.3 Å². The summed E-state index contributed by atoms with van der Waals surface area (Å²) < 4.78 is 0. The number of benzene rings is 1. The lowest BCUT2D eigenvalue weighted by atomic mass is 10.1. The van der Waals surface area contributed by atoms with Crippen LogP contribution in [0.15, 0.2) is 30.3 Å². The van der Waals surface area contributed by atoms with Gasteiger partial charge in [-0.05, 0) is 30.9 Å². The molecule has 1 heterocycles. The molecule has 18 heavy (non-hydrogen) atoms. The van der Waals surface area contributed by atoms with Crippen LogP contribution in [0.4, 0.5) is 5.82 Å². The first-order chi connectivity index (χ1) is 8.76. The quantitative estimate of drug-likeness (QED) is 0.622. The van der Waals surface area contributed by atoms with Crippen molar-refractivity contribution in [3.63, 3.8) is 0 Å². The van der Waals surface area contributed by atoms with Gasteiger partial charge in [0.05, 0.1) is 0 Å². The molecule has 4 heteroatoms. The van der Waals surface area contributed by atoms with E-state index in [0.29, 0.717) is 11.7 Å². The molecule has 1 aromatic carbocycles. The first-order valence-corrected chi connectivity index (χ1v) is 6.15. The summed E-state index contributed by atoms with van der Waals surface area (Å²) >= 11 is 0.